The van der Waals surface area contributed by atoms with Gasteiger partial charge in [0.15, 0.2) is 0 Å². The summed E-state index contributed by atoms with van der Waals surface area (Å²) in [5.74, 6) is 0.614. The number of nitrogens with two attached hydrogens (primary N) is 1. The van der Waals surface area contributed by atoms with Gasteiger partial charge in [-0.15, -0.1) is 0 Å². The van der Waals surface area contributed by atoms with E-state index in [2.05, 4.69) is 13.8 Å². The first-order valence-electron chi connectivity index (χ1n) is 6.70. The lowest BCUT2D eigenvalue weighted by molar-refractivity contribution is 0.0115. The third-order valence-corrected chi connectivity index (χ3v) is 4.22. The largest absolute Gasteiger partial charge is 0.399 e. The van der Waals surface area contributed by atoms with Gasteiger partial charge in [0, 0.05) is 5.69 Å². The summed E-state index contributed by atoms with van der Waals surface area (Å²) in [6.45, 7) is 4.41. The molecule has 2 heteroatoms. The van der Waals surface area contributed by atoms with Crippen LogP contribution in [0.4, 0.5) is 5.69 Å². The molecule has 0 saturated heterocycles. The second kappa shape index (κ2) is 4.69. The molecule has 0 aromatic heterocycles. The number of rotatable bonds is 4. The van der Waals surface area contributed by atoms with E-state index in [0.29, 0.717) is 5.92 Å². The first-order chi connectivity index (χ1) is 8.09. The SMILES string of the molecule is CCC(CC)CC1(O)CCc2cc(N)ccc21. The molecule has 0 aliphatic heterocycles. The average molecular weight is 233 g/mol. The first-order valence-corrected chi connectivity index (χ1v) is 6.70. The van der Waals surface area contributed by atoms with Gasteiger partial charge in [-0.05, 0) is 48.4 Å². The van der Waals surface area contributed by atoms with E-state index in [4.69, 9.17) is 5.73 Å². The molecule has 1 aliphatic rings. The molecule has 0 heterocycles. The van der Waals surface area contributed by atoms with Gasteiger partial charge in [-0.1, -0.05) is 32.8 Å². The number of aliphatic hydroxyl groups is 1. The number of fused-ring (bicyclic) bond motifs is 1. The Bertz CT molecular complexity index is 398. The summed E-state index contributed by atoms with van der Waals surface area (Å²) in [5.41, 5.74) is 8.33. The third-order valence-electron chi connectivity index (χ3n) is 4.22. The summed E-state index contributed by atoms with van der Waals surface area (Å²) < 4.78 is 0. The van der Waals surface area contributed by atoms with Crippen LogP contribution in [-0.4, -0.2) is 5.11 Å². The number of anilines is 1. The minimum atomic E-state index is -0.611. The van der Waals surface area contributed by atoms with E-state index < -0.39 is 5.60 Å². The first kappa shape index (κ1) is 12.4. The summed E-state index contributed by atoms with van der Waals surface area (Å²) in [6, 6.07) is 5.93. The lowest BCUT2D eigenvalue weighted by Gasteiger charge is -2.28. The van der Waals surface area contributed by atoms with Crippen molar-refractivity contribution in [1.82, 2.24) is 0 Å². The van der Waals surface area contributed by atoms with Gasteiger partial charge >= 0.3 is 0 Å². The van der Waals surface area contributed by atoms with Gasteiger partial charge in [-0.3, -0.25) is 0 Å². The van der Waals surface area contributed by atoms with E-state index in [9.17, 15) is 5.11 Å². The van der Waals surface area contributed by atoms with E-state index in [1.807, 2.05) is 18.2 Å². The quantitative estimate of drug-likeness (QED) is 0.784. The van der Waals surface area contributed by atoms with Gasteiger partial charge in [-0.2, -0.15) is 0 Å². The average Bonchev–Trinajstić information content (AvgIpc) is 2.64. The highest BCUT2D eigenvalue weighted by atomic mass is 16.3. The second-order valence-electron chi connectivity index (χ2n) is 5.33. The van der Waals surface area contributed by atoms with Crippen molar-refractivity contribution in [3.63, 3.8) is 0 Å². The fraction of sp³-hybridized carbons (Fsp3) is 0.600. The molecule has 0 saturated carbocycles. The van der Waals surface area contributed by atoms with E-state index >= 15 is 0 Å². The Morgan fingerprint density at radius 3 is 2.71 bits per heavy atom. The van der Waals surface area contributed by atoms with E-state index in [0.717, 1.165) is 43.4 Å². The molecule has 0 bridgehead atoms. The lowest BCUT2D eigenvalue weighted by Crippen LogP contribution is -2.25. The minimum absolute atomic E-state index is 0.611. The highest BCUT2D eigenvalue weighted by molar-refractivity contribution is 5.48. The highest BCUT2D eigenvalue weighted by Crippen LogP contribution is 2.42. The van der Waals surface area contributed by atoms with E-state index in [1.165, 1.54) is 5.56 Å². The number of aryl methyl sites for hydroxylation is 1. The van der Waals surface area contributed by atoms with Crippen molar-refractivity contribution < 1.29 is 5.11 Å². The Balaban J connectivity index is 2.24. The smallest absolute Gasteiger partial charge is 0.0905 e. The number of hydrogen-bond acceptors (Lipinski definition) is 2. The summed E-state index contributed by atoms with van der Waals surface area (Å²) in [6.07, 6.45) is 4.97. The number of nitrogen functional groups attached to an aromatic ring is 1. The molecular formula is C15H23NO. The maximum Gasteiger partial charge on any atom is 0.0905 e. The predicted octanol–water partition coefficient (Wildman–Crippen LogP) is 3.23. The topological polar surface area (TPSA) is 46.2 Å². The Kier molecular flexibility index (Phi) is 3.43. The maximum atomic E-state index is 10.8. The van der Waals surface area contributed by atoms with Crippen molar-refractivity contribution >= 4 is 5.69 Å². The molecule has 17 heavy (non-hydrogen) atoms. The summed E-state index contributed by atoms with van der Waals surface area (Å²) >= 11 is 0. The van der Waals surface area contributed by atoms with Crippen molar-refractivity contribution in [3.05, 3.63) is 29.3 Å². The Labute approximate surface area is 104 Å². The molecule has 0 radical (unpaired) electrons. The molecule has 0 fully saturated rings. The number of benzene rings is 1. The van der Waals surface area contributed by atoms with Crippen LogP contribution >= 0.6 is 0 Å². The summed E-state index contributed by atoms with van der Waals surface area (Å²) in [5, 5.41) is 10.8. The molecule has 1 atom stereocenters. The van der Waals surface area contributed by atoms with Crippen molar-refractivity contribution in [2.75, 3.05) is 5.73 Å². The fourth-order valence-corrected chi connectivity index (χ4v) is 3.02. The molecule has 1 unspecified atom stereocenters. The molecule has 0 amide bonds. The van der Waals surface area contributed by atoms with Gasteiger partial charge in [0.1, 0.15) is 0 Å². The van der Waals surface area contributed by atoms with Gasteiger partial charge in [0.05, 0.1) is 5.60 Å². The van der Waals surface area contributed by atoms with Crippen molar-refractivity contribution in [2.45, 2.75) is 51.6 Å². The van der Waals surface area contributed by atoms with E-state index in [1.54, 1.807) is 0 Å². The van der Waals surface area contributed by atoms with Crippen LogP contribution in [-0.2, 0) is 12.0 Å². The van der Waals surface area contributed by atoms with Crippen LogP contribution in [0.3, 0.4) is 0 Å². The summed E-state index contributed by atoms with van der Waals surface area (Å²) in [7, 11) is 0. The van der Waals surface area contributed by atoms with Crippen LogP contribution < -0.4 is 5.73 Å². The van der Waals surface area contributed by atoms with Crippen LogP contribution in [0.5, 0.6) is 0 Å². The second-order valence-corrected chi connectivity index (χ2v) is 5.33. The van der Waals surface area contributed by atoms with Gasteiger partial charge in [0.2, 0.25) is 0 Å². The van der Waals surface area contributed by atoms with Crippen molar-refractivity contribution in [1.29, 1.82) is 0 Å². The van der Waals surface area contributed by atoms with Gasteiger partial charge < -0.3 is 10.8 Å². The zero-order chi connectivity index (χ0) is 12.5. The van der Waals surface area contributed by atoms with Crippen LogP contribution in [0.1, 0.15) is 50.7 Å². The Morgan fingerprint density at radius 2 is 2.06 bits per heavy atom. The number of hydrogen-bond donors (Lipinski definition) is 2. The van der Waals surface area contributed by atoms with Crippen LogP contribution in [0, 0.1) is 5.92 Å². The third kappa shape index (κ3) is 2.32. The molecule has 2 rings (SSSR count). The summed E-state index contributed by atoms with van der Waals surface area (Å²) in [4.78, 5) is 0. The lowest BCUT2D eigenvalue weighted by atomic mass is 9.83. The molecule has 1 aliphatic carbocycles. The van der Waals surface area contributed by atoms with Crippen LogP contribution in [0.15, 0.2) is 18.2 Å². The zero-order valence-electron chi connectivity index (χ0n) is 10.9. The molecule has 2 nitrogen and oxygen atoms in total. The molecular weight excluding hydrogens is 210 g/mol. The Hall–Kier alpha value is -1.02. The molecule has 1 aromatic rings. The van der Waals surface area contributed by atoms with Crippen molar-refractivity contribution in [3.8, 4) is 0 Å². The Morgan fingerprint density at radius 1 is 1.35 bits per heavy atom. The molecule has 3 N–H and O–H groups in total. The molecule has 94 valence electrons. The van der Waals surface area contributed by atoms with Crippen LogP contribution in [0.2, 0.25) is 0 Å². The maximum absolute atomic E-state index is 10.8. The molecule has 1 aromatic carbocycles. The zero-order valence-corrected chi connectivity index (χ0v) is 10.9. The minimum Gasteiger partial charge on any atom is -0.399 e. The normalized spacial score (nSPS) is 23.1. The predicted molar refractivity (Wildman–Crippen MR) is 71.8 cm³/mol. The standard InChI is InChI=1S/C15H23NO/c1-3-11(4-2)10-15(17)8-7-12-9-13(16)5-6-14(12)15/h5-6,9,11,17H,3-4,7-8,10,16H2,1-2H3. The van der Waals surface area contributed by atoms with Gasteiger partial charge in [-0.25, -0.2) is 0 Å². The molecule has 0 spiro atoms. The highest BCUT2D eigenvalue weighted by Gasteiger charge is 2.37. The monoisotopic (exact) mass is 233 g/mol. The van der Waals surface area contributed by atoms with Crippen LogP contribution in [0.25, 0.3) is 0 Å². The van der Waals surface area contributed by atoms with E-state index in [-0.39, 0.29) is 0 Å². The fourth-order valence-electron chi connectivity index (χ4n) is 3.02. The van der Waals surface area contributed by atoms with Crippen molar-refractivity contribution in [2.24, 2.45) is 5.92 Å². The van der Waals surface area contributed by atoms with Gasteiger partial charge in [0.25, 0.3) is 0 Å².